The monoisotopic (exact) mass is 862 g/mol. The van der Waals surface area contributed by atoms with Gasteiger partial charge in [-0.3, -0.25) is 9.59 Å². The van der Waals surface area contributed by atoms with Crippen molar-refractivity contribution in [3.8, 4) is 0 Å². The molecule has 11 heteroatoms. The van der Waals surface area contributed by atoms with Gasteiger partial charge in [0.1, 0.15) is 23.1 Å². The number of aromatic nitrogens is 4. The maximum Gasteiger partial charge on any atom is 2.00 e. The number of carbonyl (C=O) groups is 4. The molecule has 0 saturated heterocycles. The third-order valence-electron chi connectivity index (χ3n) is 11.3. The average Bonchev–Trinajstić information content (AvgIpc) is 3.88. The van der Waals surface area contributed by atoms with E-state index in [4.69, 9.17) is 19.9 Å². The Balaban J connectivity index is 0.00000744. The molecule has 0 aliphatic carbocycles. The molecule has 58 heavy (non-hydrogen) atoms. The molecule has 4 unspecified atom stereocenters. The van der Waals surface area contributed by atoms with Crippen molar-refractivity contribution in [2.24, 2.45) is 11.8 Å². The minimum absolute atomic E-state index is 0. The van der Waals surface area contributed by atoms with E-state index in [0.29, 0.717) is 50.0 Å². The first-order valence-electron chi connectivity index (χ1n) is 20.4. The summed E-state index contributed by atoms with van der Waals surface area (Å²) in [5.74, 6) is 2.08. The SMILES string of the molecule is CCC(=O)C(C)CSC(C)C1=C(C)c2cc3[n-]c(cc4nc(cc5[n-]c(cc1n2)cc5CCC(C)=O)C(CCC(C)=O)=C4C)c(C)c3C(C)SCC(C)C(=O)CC.[Fe+2]. The number of aryl methyl sites for hydroxylation is 2. The molecule has 5 rings (SSSR count). The molecule has 2 aliphatic rings. The number of allylic oxidation sites excluding steroid dienone is 3. The second kappa shape index (κ2) is 20.7. The molecule has 3 aromatic rings. The first-order chi connectivity index (χ1) is 27.0. The first-order valence-corrected chi connectivity index (χ1v) is 22.5. The van der Waals surface area contributed by atoms with Gasteiger partial charge in [0.15, 0.2) is 0 Å². The van der Waals surface area contributed by atoms with Crippen LogP contribution < -0.4 is 9.97 Å². The third-order valence-corrected chi connectivity index (χ3v) is 14.1. The maximum atomic E-state index is 12.5. The van der Waals surface area contributed by atoms with Crippen LogP contribution in [0.1, 0.15) is 146 Å². The van der Waals surface area contributed by atoms with Crippen LogP contribution in [0.2, 0.25) is 0 Å². The largest absolute Gasteiger partial charge is 2.00 e. The number of nitrogens with zero attached hydrogens (tertiary/aromatic N) is 4. The van der Waals surface area contributed by atoms with Crippen molar-refractivity contribution in [1.29, 1.82) is 0 Å². The van der Waals surface area contributed by atoms with E-state index < -0.39 is 0 Å². The van der Waals surface area contributed by atoms with Gasteiger partial charge in [0.05, 0.1) is 22.8 Å². The first kappa shape index (κ1) is 47.2. The second-order valence-electron chi connectivity index (χ2n) is 15.8. The van der Waals surface area contributed by atoms with Crippen molar-refractivity contribution in [3.63, 3.8) is 0 Å². The van der Waals surface area contributed by atoms with E-state index in [1.165, 1.54) is 0 Å². The Bertz CT molecular complexity index is 2300. The molecule has 8 nitrogen and oxygen atoms in total. The Morgan fingerprint density at radius 3 is 1.78 bits per heavy atom. The minimum Gasteiger partial charge on any atom is -0.657 e. The molecule has 2 aliphatic heterocycles. The number of hydrogen-bond donors (Lipinski definition) is 0. The van der Waals surface area contributed by atoms with Crippen LogP contribution in [0.3, 0.4) is 0 Å². The van der Waals surface area contributed by atoms with E-state index in [2.05, 4.69) is 52.8 Å². The fourth-order valence-corrected chi connectivity index (χ4v) is 10.1. The predicted molar refractivity (Wildman–Crippen MR) is 239 cm³/mol. The number of rotatable bonds is 18. The van der Waals surface area contributed by atoms with Gasteiger partial charge in [0.25, 0.3) is 0 Å². The van der Waals surface area contributed by atoms with Crippen LogP contribution in [0, 0.1) is 18.8 Å². The Labute approximate surface area is 363 Å². The number of Topliss-reactive ketones (excluding diaryl/α,β-unsaturated/α-hetero) is 4. The summed E-state index contributed by atoms with van der Waals surface area (Å²) in [5.41, 5.74) is 13.7. The van der Waals surface area contributed by atoms with Gasteiger partial charge in [-0.2, -0.15) is 23.5 Å². The van der Waals surface area contributed by atoms with Gasteiger partial charge in [-0.1, -0.05) is 69.2 Å². The zero-order chi connectivity index (χ0) is 41.7. The number of fused-ring (bicyclic) bond motifs is 8. The van der Waals surface area contributed by atoms with Crippen LogP contribution >= 0.6 is 23.5 Å². The molecule has 8 bridgehead atoms. The fraction of sp³-hybridized carbons (Fsp3) is 0.489. The Kier molecular flexibility index (Phi) is 16.8. The van der Waals surface area contributed by atoms with Crippen molar-refractivity contribution in [1.82, 2.24) is 19.9 Å². The molecule has 0 fully saturated rings. The molecular weight excluding hydrogens is 805 g/mol. The van der Waals surface area contributed by atoms with Crippen LogP contribution in [0.5, 0.6) is 0 Å². The van der Waals surface area contributed by atoms with Crippen molar-refractivity contribution in [3.05, 3.63) is 69.8 Å². The van der Waals surface area contributed by atoms with Gasteiger partial charge in [-0.25, -0.2) is 9.97 Å². The number of carbonyl (C=O) groups excluding carboxylic acids is 4. The minimum atomic E-state index is -0.0468. The van der Waals surface area contributed by atoms with Gasteiger partial charge in [0, 0.05) is 59.5 Å². The summed E-state index contributed by atoms with van der Waals surface area (Å²) in [6.07, 6.45) is 2.94. The predicted octanol–water partition coefficient (Wildman–Crippen LogP) is 10.8. The Morgan fingerprint density at radius 2 is 1.17 bits per heavy atom. The van der Waals surface area contributed by atoms with E-state index in [1.807, 2.05) is 39.8 Å². The molecule has 0 radical (unpaired) electrons. The second-order valence-corrected chi connectivity index (χ2v) is 18.5. The molecule has 3 aromatic heterocycles. The van der Waals surface area contributed by atoms with Crippen LogP contribution in [0.25, 0.3) is 44.4 Å². The summed E-state index contributed by atoms with van der Waals surface area (Å²) in [6, 6.07) is 10.3. The van der Waals surface area contributed by atoms with Gasteiger partial charge >= 0.3 is 17.1 Å². The number of hydrogen-bond acceptors (Lipinski definition) is 8. The van der Waals surface area contributed by atoms with E-state index in [9.17, 15) is 19.2 Å². The third kappa shape index (κ3) is 11.0. The molecule has 0 N–H and O–H groups in total. The normalized spacial score (nSPS) is 14.9. The average molecular weight is 863 g/mol. The van der Waals surface area contributed by atoms with E-state index >= 15 is 0 Å². The molecule has 0 aromatic carbocycles. The number of ketones is 4. The standard InChI is InChI=1S/C47H58N4O4S2.Fe/c1-12-44(54)25(3)23-56-32(10)46-31(9)39-21-43-47(33(11)57-24-26(4)45(55)13-2)30(8)38(51-43)20-37-29(7)36(17-15-28(6)53)41(49-37)22-40-34(16-14-27(5)52)18-35(48-40)19-42(46)50-39;/h18-22,25-26,32-33H,12-17,23-24H2,1-11H3;/q-2;+2. The van der Waals surface area contributed by atoms with E-state index in [-0.39, 0.29) is 62.5 Å². The van der Waals surface area contributed by atoms with Crippen molar-refractivity contribution in [2.75, 3.05) is 11.5 Å². The molecule has 4 atom stereocenters. The zero-order valence-corrected chi connectivity index (χ0v) is 38.7. The molecule has 0 spiro atoms. The Hall–Kier alpha value is -3.50. The van der Waals surface area contributed by atoms with Gasteiger partial charge < -0.3 is 19.6 Å². The van der Waals surface area contributed by atoms with Crippen molar-refractivity contribution < 1.29 is 36.2 Å². The van der Waals surface area contributed by atoms with Gasteiger partial charge in [-0.15, -0.1) is 22.1 Å². The summed E-state index contributed by atoms with van der Waals surface area (Å²) >= 11 is 3.54. The van der Waals surface area contributed by atoms with E-state index in [0.717, 1.165) is 83.8 Å². The van der Waals surface area contributed by atoms with Crippen LogP contribution in [0.15, 0.2) is 30.3 Å². The molecule has 310 valence electrons. The van der Waals surface area contributed by atoms with Gasteiger partial charge in [-0.05, 0) is 89.2 Å². The van der Waals surface area contributed by atoms with E-state index in [1.54, 1.807) is 37.4 Å². The molecule has 5 heterocycles. The summed E-state index contributed by atoms with van der Waals surface area (Å²) in [5, 5.41) is 0.0956. The molecule has 0 saturated carbocycles. The Morgan fingerprint density at radius 1 is 0.638 bits per heavy atom. The van der Waals surface area contributed by atoms with Gasteiger partial charge in [0.2, 0.25) is 0 Å². The van der Waals surface area contributed by atoms with Crippen molar-refractivity contribution in [2.45, 2.75) is 125 Å². The summed E-state index contributed by atoms with van der Waals surface area (Å²) < 4.78 is 0. The van der Waals surface area contributed by atoms with Crippen molar-refractivity contribution >= 4 is 91.0 Å². The molecular formula is C47H58FeN4O4S2. The summed E-state index contributed by atoms with van der Waals surface area (Å²) in [6.45, 7) is 21.7. The topological polar surface area (TPSA) is 122 Å². The number of thioether (sulfide) groups is 2. The molecule has 0 amide bonds. The fourth-order valence-electron chi connectivity index (χ4n) is 7.60. The zero-order valence-electron chi connectivity index (χ0n) is 35.9. The quantitative estimate of drug-likeness (QED) is 0.114. The van der Waals surface area contributed by atoms with Crippen LogP contribution in [-0.4, -0.2) is 49.9 Å². The summed E-state index contributed by atoms with van der Waals surface area (Å²) in [7, 11) is 0. The van der Waals surface area contributed by atoms with Crippen LogP contribution in [0.4, 0.5) is 0 Å². The smallest absolute Gasteiger partial charge is 0.657 e. The summed E-state index contributed by atoms with van der Waals surface area (Å²) in [4.78, 5) is 70.4. The maximum absolute atomic E-state index is 12.5. The van der Waals surface area contributed by atoms with Crippen LogP contribution in [-0.2, 0) is 42.7 Å².